The molecule has 11 heteroatoms. The molecule has 59 heavy (non-hydrogen) atoms. The highest BCUT2D eigenvalue weighted by molar-refractivity contribution is 6.04. The lowest BCUT2D eigenvalue weighted by Gasteiger charge is -2.31. The molecule has 0 atom stereocenters. The fourth-order valence-corrected chi connectivity index (χ4v) is 9.06. The van der Waals surface area contributed by atoms with Crippen molar-refractivity contribution in [2.24, 2.45) is 25.0 Å². The van der Waals surface area contributed by atoms with Gasteiger partial charge in [-0.15, -0.1) is 0 Å². The summed E-state index contributed by atoms with van der Waals surface area (Å²) in [6.07, 6.45) is 4.12. The highest BCUT2D eigenvalue weighted by Crippen LogP contribution is 2.36. The summed E-state index contributed by atoms with van der Waals surface area (Å²) in [6, 6.07) is 36.1. The number of rotatable bonds is 6. The van der Waals surface area contributed by atoms with Gasteiger partial charge in [0.05, 0.1) is 16.7 Å². The molecule has 1 amide bonds. The Morgan fingerprint density at radius 1 is 0.712 bits per heavy atom. The number of pyridine rings is 2. The average molecular weight is 788 g/mol. The second-order valence-corrected chi connectivity index (χ2v) is 15.9. The Balaban J connectivity index is 0.000000153. The van der Waals surface area contributed by atoms with E-state index in [4.69, 9.17) is 14.7 Å². The molecular weight excluding hydrogens is 739 g/mol. The van der Waals surface area contributed by atoms with Crippen LogP contribution in [0.15, 0.2) is 124 Å². The molecule has 0 unspecified atom stereocenters. The monoisotopic (exact) mass is 787 g/mol. The van der Waals surface area contributed by atoms with Crippen molar-refractivity contribution in [3.63, 3.8) is 0 Å². The number of aromatic nitrogens is 4. The first kappa shape index (κ1) is 38.2. The molecule has 1 N–H and O–H groups in total. The topological polar surface area (TPSA) is 116 Å². The molecule has 0 radical (unpaired) electrons. The minimum Gasteiger partial charge on any atom is -0.445 e. The number of fused-ring (bicyclic) bond motifs is 6. The van der Waals surface area contributed by atoms with Gasteiger partial charge in [0.15, 0.2) is 0 Å². The zero-order valence-electron chi connectivity index (χ0n) is 33.6. The Bertz CT molecular complexity index is 2810. The molecule has 6 heterocycles. The molecule has 0 spiro atoms. The molecule has 300 valence electrons. The molecule has 11 nitrogen and oxygen atoms in total. The maximum atomic E-state index is 13.3. The summed E-state index contributed by atoms with van der Waals surface area (Å²) in [7, 11) is 3.68. The first-order valence-corrected chi connectivity index (χ1v) is 20.7. The van der Waals surface area contributed by atoms with E-state index in [0.717, 1.165) is 100.0 Å². The quantitative estimate of drug-likeness (QED) is 0.186. The molecule has 0 saturated carbocycles. The van der Waals surface area contributed by atoms with Gasteiger partial charge in [0.1, 0.15) is 23.5 Å². The number of nitrogens with zero attached hydrogens (tertiary/aromatic N) is 6. The second kappa shape index (κ2) is 16.5. The number of likely N-dealkylation sites (tertiary alicyclic amines) is 1. The van der Waals surface area contributed by atoms with Crippen molar-refractivity contribution >= 4 is 50.3 Å². The molecule has 2 fully saturated rings. The number of aryl methyl sites for hydroxylation is 2. The average Bonchev–Trinajstić information content (AvgIpc) is 3.91. The van der Waals surface area contributed by atoms with Crippen LogP contribution >= 0.6 is 0 Å². The van der Waals surface area contributed by atoms with E-state index in [1.165, 1.54) is 5.56 Å². The van der Waals surface area contributed by atoms with Crippen LogP contribution in [0.25, 0.3) is 32.8 Å². The molecule has 7 aromatic rings. The number of amides is 1. The van der Waals surface area contributed by atoms with Crippen molar-refractivity contribution in [1.82, 2.24) is 28.9 Å². The van der Waals surface area contributed by atoms with E-state index in [1.807, 2.05) is 105 Å². The first-order valence-electron chi connectivity index (χ1n) is 20.7. The summed E-state index contributed by atoms with van der Waals surface area (Å²) < 4.78 is 11.1. The lowest BCUT2D eigenvalue weighted by atomic mass is 9.90. The van der Waals surface area contributed by atoms with Gasteiger partial charge in [-0.05, 0) is 62.0 Å². The number of hydrogen-bond acceptors (Lipinski definition) is 7. The Kier molecular flexibility index (Phi) is 10.7. The third-order valence-electron chi connectivity index (χ3n) is 12.3. The SMILES string of the molecule is Cn1c(=O)c2c(c3ccccc31)N=C(C1CCN(C(=O)OCc3ccccc3)CC1)C2.Cn1c(=O)c2c(nc(C3CCNCC3)n2Cc2ccccc2)c2ccccc21. The number of carbonyl (C=O) groups excluding carboxylic acids is 1. The van der Waals surface area contributed by atoms with Crippen LogP contribution in [0.3, 0.4) is 0 Å². The van der Waals surface area contributed by atoms with E-state index < -0.39 is 0 Å². The van der Waals surface area contributed by atoms with Gasteiger partial charge in [-0.2, -0.15) is 0 Å². The van der Waals surface area contributed by atoms with Crippen LogP contribution in [0, 0.1) is 5.92 Å². The fraction of sp³-hybridized carbons (Fsp3) is 0.312. The summed E-state index contributed by atoms with van der Waals surface area (Å²) in [5, 5.41) is 5.50. The fourth-order valence-electron chi connectivity index (χ4n) is 9.06. The Morgan fingerprint density at radius 2 is 1.31 bits per heavy atom. The largest absolute Gasteiger partial charge is 0.445 e. The van der Waals surface area contributed by atoms with Crippen LogP contribution in [0.5, 0.6) is 0 Å². The minimum atomic E-state index is -0.265. The molecule has 2 saturated heterocycles. The van der Waals surface area contributed by atoms with Gasteiger partial charge < -0.3 is 28.7 Å². The van der Waals surface area contributed by atoms with E-state index in [2.05, 4.69) is 28.1 Å². The van der Waals surface area contributed by atoms with Gasteiger partial charge in [-0.25, -0.2) is 9.78 Å². The summed E-state index contributed by atoms with van der Waals surface area (Å²) in [6.45, 7) is 4.25. The zero-order chi connectivity index (χ0) is 40.5. The van der Waals surface area contributed by atoms with Crippen LogP contribution in [-0.4, -0.2) is 61.6 Å². The van der Waals surface area contributed by atoms with Gasteiger partial charge in [-0.3, -0.25) is 14.6 Å². The van der Waals surface area contributed by atoms with Gasteiger partial charge in [0, 0.05) is 74.0 Å². The van der Waals surface area contributed by atoms with Crippen LogP contribution in [0.1, 0.15) is 54.1 Å². The smallest absolute Gasteiger partial charge is 0.410 e. The second-order valence-electron chi connectivity index (χ2n) is 15.9. The highest BCUT2D eigenvalue weighted by Gasteiger charge is 2.32. The van der Waals surface area contributed by atoms with Crippen molar-refractivity contribution in [3.8, 4) is 0 Å². The predicted molar refractivity (Wildman–Crippen MR) is 234 cm³/mol. The van der Waals surface area contributed by atoms with E-state index >= 15 is 0 Å². The van der Waals surface area contributed by atoms with Crippen LogP contribution in [0.4, 0.5) is 10.5 Å². The molecule has 10 rings (SSSR count). The number of ether oxygens (including phenoxy) is 1. The number of aliphatic imine (C=N–C) groups is 1. The van der Waals surface area contributed by atoms with Crippen LogP contribution < -0.4 is 16.4 Å². The predicted octanol–water partition coefficient (Wildman–Crippen LogP) is 7.62. The minimum absolute atomic E-state index is 0.0253. The molecule has 3 aliphatic heterocycles. The Hall–Kier alpha value is -6.33. The molecule has 0 bridgehead atoms. The van der Waals surface area contributed by atoms with E-state index in [9.17, 15) is 14.4 Å². The Morgan fingerprint density at radius 3 is 2.00 bits per heavy atom. The van der Waals surface area contributed by atoms with Crippen molar-refractivity contribution in [1.29, 1.82) is 0 Å². The Labute approximate surface area is 342 Å². The zero-order valence-corrected chi connectivity index (χ0v) is 33.6. The molecule has 3 aromatic heterocycles. The number of carbonyl (C=O) groups is 1. The molecular formula is C48H49N7O4. The summed E-state index contributed by atoms with van der Waals surface area (Å²) in [5.41, 5.74) is 8.33. The van der Waals surface area contributed by atoms with Crippen molar-refractivity contribution in [2.45, 2.75) is 51.2 Å². The number of hydrogen-bond donors (Lipinski definition) is 1. The standard InChI is InChI=1S/C25H25N3O3.C23H24N4O/c1-27-22-10-6-5-9-19(22)23-20(24(27)29)15-21(26-23)18-11-13-28(14-12-18)25(30)31-16-17-7-3-2-4-8-17;1-26-19-10-6-5-9-18(19)20-21(23(26)28)27(15-16-7-3-2-4-8-16)22(25-20)17-11-13-24-14-12-17/h2-10,18H,11-16H2,1H3;2-10,17,24H,11-15H2,1H3. The summed E-state index contributed by atoms with van der Waals surface area (Å²) >= 11 is 0. The maximum absolute atomic E-state index is 13.3. The summed E-state index contributed by atoms with van der Waals surface area (Å²) in [5.74, 6) is 1.71. The van der Waals surface area contributed by atoms with Gasteiger partial charge in [0.2, 0.25) is 0 Å². The normalized spacial score (nSPS) is 15.9. The molecule has 3 aliphatic rings. The van der Waals surface area contributed by atoms with E-state index in [0.29, 0.717) is 32.0 Å². The van der Waals surface area contributed by atoms with Crippen molar-refractivity contribution < 1.29 is 9.53 Å². The number of para-hydroxylation sites is 2. The number of piperidine rings is 2. The van der Waals surface area contributed by atoms with Gasteiger partial charge in [-0.1, -0.05) is 97.1 Å². The first-order chi connectivity index (χ1) is 28.9. The van der Waals surface area contributed by atoms with E-state index in [1.54, 1.807) is 14.0 Å². The third kappa shape index (κ3) is 7.47. The summed E-state index contributed by atoms with van der Waals surface area (Å²) in [4.78, 5) is 50.4. The molecule has 4 aromatic carbocycles. The highest BCUT2D eigenvalue weighted by atomic mass is 16.6. The van der Waals surface area contributed by atoms with Crippen LogP contribution in [0.2, 0.25) is 0 Å². The van der Waals surface area contributed by atoms with Gasteiger partial charge in [0.25, 0.3) is 11.1 Å². The maximum Gasteiger partial charge on any atom is 0.410 e. The lowest BCUT2D eigenvalue weighted by molar-refractivity contribution is 0.0864. The number of nitrogens with one attached hydrogen (secondary N) is 1. The third-order valence-corrected chi connectivity index (χ3v) is 12.3. The number of benzene rings is 4. The molecule has 0 aliphatic carbocycles. The number of imidazole rings is 1. The van der Waals surface area contributed by atoms with Crippen molar-refractivity contribution in [2.75, 3.05) is 26.2 Å². The van der Waals surface area contributed by atoms with Crippen molar-refractivity contribution in [3.05, 3.63) is 152 Å². The van der Waals surface area contributed by atoms with Crippen LogP contribution in [-0.2, 0) is 38.4 Å². The van der Waals surface area contributed by atoms with Gasteiger partial charge >= 0.3 is 6.09 Å². The van der Waals surface area contributed by atoms with E-state index in [-0.39, 0.29) is 29.7 Å². The lowest BCUT2D eigenvalue weighted by Crippen LogP contribution is -2.40.